The third kappa shape index (κ3) is 5.51. The third-order valence-electron chi connectivity index (χ3n) is 4.93. The van der Waals surface area contributed by atoms with Crippen molar-refractivity contribution in [1.82, 2.24) is 15.1 Å². The van der Waals surface area contributed by atoms with Crippen molar-refractivity contribution in [2.24, 2.45) is 5.92 Å². The molecule has 0 saturated carbocycles. The number of amides is 2. The van der Waals surface area contributed by atoms with Gasteiger partial charge in [-0.25, -0.2) is 0 Å². The minimum Gasteiger partial charge on any atom is -0.497 e. The van der Waals surface area contributed by atoms with Gasteiger partial charge in [-0.3, -0.25) is 9.59 Å². The molecule has 7 nitrogen and oxygen atoms in total. The van der Waals surface area contributed by atoms with Gasteiger partial charge < -0.3 is 15.0 Å². The Bertz CT molecular complexity index is 798. The number of hydrogen-bond donors (Lipinski definition) is 1. The summed E-state index contributed by atoms with van der Waals surface area (Å²) in [6.07, 6.45) is 4.08. The van der Waals surface area contributed by atoms with E-state index in [-0.39, 0.29) is 11.8 Å². The predicted octanol–water partition coefficient (Wildman–Crippen LogP) is 3.38. The smallest absolute Gasteiger partial charge is 0.286 e. The molecular formula is C20H26N4O3S. The van der Waals surface area contributed by atoms with E-state index in [2.05, 4.69) is 22.4 Å². The summed E-state index contributed by atoms with van der Waals surface area (Å²) in [5.41, 5.74) is 0.670. The Balaban J connectivity index is 1.44. The largest absolute Gasteiger partial charge is 0.497 e. The fraction of sp³-hybridized carbons (Fsp3) is 0.500. The second kappa shape index (κ2) is 9.64. The maximum Gasteiger partial charge on any atom is 0.286 e. The average Bonchev–Trinajstić information content (AvgIpc) is 3.18. The van der Waals surface area contributed by atoms with Crippen LogP contribution in [0.5, 0.6) is 5.75 Å². The number of ether oxygens (including phenoxy) is 1. The van der Waals surface area contributed by atoms with Crippen LogP contribution in [0.4, 0.5) is 5.69 Å². The van der Waals surface area contributed by atoms with Gasteiger partial charge in [0.05, 0.1) is 7.11 Å². The summed E-state index contributed by atoms with van der Waals surface area (Å²) in [4.78, 5) is 26.5. The van der Waals surface area contributed by atoms with Crippen LogP contribution in [0.3, 0.4) is 0 Å². The Morgan fingerprint density at radius 2 is 1.93 bits per heavy atom. The van der Waals surface area contributed by atoms with Crippen LogP contribution >= 0.6 is 11.3 Å². The molecule has 1 aliphatic heterocycles. The van der Waals surface area contributed by atoms with Gasteiger partial charge in [0.1, 0.15) is 10.8 Å². The Morgan fingerprint density at radius 1 is 1.21 bits per heavy atom. The summed E-state index contributed by atoms with van der Waals surface area (Å²) in [5.74, 6) is 1.37. The molecule has 1 aromatic carbocycles. The van der Waals surface area contributed by atoms with Crippen molar-refractivity contribution in [1.29, 1.82) is 0 Å². The summed E-state index contributed by atoms with van der Waals surface area (Å²) in [6.45, 7) is 3.97. The number of nitrogens with zero attached hydrogens (tertiary/aromatic N) is 3. The lowest BCUT2D eigenvalue weighted by molar-refractivity contribution is -0.132. The highest BCUT2D eigenvalue weighted by Gasteiger charge is 2.20. The second-order valence-corrected chi connectivity index (χ2v) is 8.16. The van der Waals surface area contributed by atoms with Gasteiger partial charge in [0.25, 0.3) is 5.91 Å². The van der Waals surface area contributed by atoms with E-state index in [1.807, 2.05) is 4.90 Å². The lowest BCUT2D eigenvalue weighted by atomic mass is 9.99. The first-order chi connectivity index (χ1) is 13.5. The third-order valence-corrected chi connectivity index (χ3v) is 5.91. The number of anilines is 1. The maximum atomic E-state index is 12.3. The Labute approximate surface area is 169 Å². The summed E-state index contributed by atoms with van der Waals surface area (Å²) in [5, 5.41) is 12.0. The lowest BCUT2D eigenvalue weighted by Gasteiger charge is -2.30. The van der Waals surface area contributed by atoms with Crippen molar-refractivity contribution in [3.63, 3.8) is 0 Å². The van der Waals surface area contributed by atoms with E-state index >= 15 is 0 Å². The number of nitrogens with one attached hydrogen (secondary N) is 1. The average molecular weight is 403 g/mol. The van der Waals surface area contributed by atoms with Crippen LogP contribution in [-0.2, 0) is 11.2 Å². The number of hydrogen-bond acceptors (Lipinski definition) is 6. The van der Waals surface area contributed by atoms with Gasteiger partial charge >= 0.3 is 0 Å². The molecule has 2 aromatic rings. The van der Waals surface area contributed by atoms with Crippen LogP contribution in [0.1, 0.15) is 47.4 Å². The van der Waals surface area contributed by atoms with Crippen LogP contribution < -0.4 is 10.1 Å². The number of piperidine rings is 1. The number of aromatic nitrogens is 2. The van der Waals surface area contributed by atoms with Crippen LogP contribution in [0, 0.1) is 5.92 Å². The molecular weight excluding hydrogens is 376 g/mol. The molecule has 0 spiro atoms. The monoisotopic (exact) mass is 402 g/mol. The fourth-order valence-electron chi connectivity index (χ4n) is 3.11. The number of benzene rings is 1. The summed E-state index contributed by atoms with van der Waals surface area (Å²) in [6, 6.07) is 7.10. The van der Waals surface area contributed by atoms with Crippen molar-refractivity contribution in [3.8, 4) is 5.75 Å². The fourth-order valence-corrected chi connectivity index (χ4v) is 3.89. The highest BCUT2D eigenvalue weighted by molar-refractivity contribution is 7.13. The first-order valence-corrected chi connectivity index (χ1v) is 10.4. The molecule has 1 fully saturated rings. The van der Waals surface area contributed by atoms with Crippen molar-refractivity contribution in [2.45, 2.75) is 39.0 Å². The molecule has 2 amide bonds. The van der Waals surface area contributed by atoms with E-state index in [0.29, 0.717) is 29.5 Å². The molecule has 1 saturated heterocycles. The lowest BCUT2D eigenvalue weighted by Crippen LogP contribution is -2.37. The number of methoxy groups -OCH3 is 1. The Hall–Kier alpha value is -2.48. The van der Waals surface area contributed by atoms with E-state index in [4.69, 9.17) is 4.74 Å². The van der Waals surface area contributed by atoms with Gasteiger partial charge in [0, 0.05) is 31.6 Å². The van der Waals surface area contributed by atoms with Gasteiger partial charge in [0.15, 0.2) is 0 Å². The quantitative estimate of drug-likeness (QED) is 0.767. The summed E-state index contributed by atoms with van der Waals surface area (Å²) >= 11 is 1.27. The van der Waals surface area contributed by atoms with Gasteiger partial charge in [-0.15, -0.1) is 10.2 Å². The zero-order valence-corrected chi connectivity index (χ0v) is 17.1. The minimum absolute atomic E-state index is 0.217. The first kappa shape index (κ1) is 20.3. The maximum absolute atomic E-state index is 12.3. The zero-order chi connectivity index (χ0) is 19.9. The number of aryl methyl sites for hydroxylation is 1. The number of likely N-dealkylation sites (tertiary alicyclic amines) is 1. The molecule has 3 rings (SSSR count). The number of carbonyl (C=O) groups excluding carboxylic acids is 2. The van der Waals surface area contributed by atoms with Crippen LogP contribution in [0.2, 0.25) is 0 Å². The second-order valence-electron chi connectivity index (χ2n) is 7.10. The van der Waals surface area contributed by atoms with Crippen LogP contribution in [0.25, 0.3) is 0 Å². The minimum atomic E-state index is -0.285. The summed E-state index contributed by atoms with van der Waals surface area (Å²) < 4.78 is 5.10. The molecule has 1 aromatic heterocycles. The van der Waals surface area contributed by atoms with Gasteiger partial charge in [0.2, 0.25) is 10.9 Å². The predicted molar refractivity (Wildman–Crippen MR) is 109 cm³/mol. The van der Waals surface area contributed by atoms with Gasteiger partial charge in [-0.1, -0.05) is 18.3 Å². The van der Waals surface area contributed by atoms with Crippen LogP contribution in [0.15, 0.2) is 24.3 Å². The van der Waals surface area contributed by atoms with Gasteiger partial charge in [-0.2, -0.15) is 0 Å². The van der Waals surface area contributed by atoms with Crippen LogP contribution in [-0.4, -0.2) is 47.1 Å². The number of rotatable bonds is 7. The van der Waals surface area contributed by atoms with Crippen molar-refractivity contribution in [2.75, 3.05) is 25.5 Å². The highest BCUT2D eigenvalue weighted by Crippen LogP contribution is 2.19. The number of carbonyl (C=O) groups is 2. The first-order valence-electron chi connectivity index (χ1n) is 9.60. The highest BCUT2D eigenvalue weighted by atomic mass is 32.1. The molecule has 0 aliphatic carbocycles. The normalized spacial score (nSPS) is 14.7. The van der Waals surface area contributed by atoms with Crippen molar-refractivity contribution in [3.05, 3.63) is 34.3 Å². The topological polar surface area (TPSA) is 84.4 Å². The SMILES string of the molecule is COc1ccc(NC(=O)c2nnc(CCCC(=O)N3CCC(C)CC3)s2)cc1. The zero-order valence-electron chi connectivity index (χ0n) is 16.3. The van der Waals surface area contributed by atoms with E-state index in [9.17, 15) is 9.59 Å². The molecule has 1 N–H and O–H groups in total. The summed E-state index contributed by atoms with van der Waals surface area (Å²) in [7, 11) is 1.59. The van der Waals surface area contributed by atoms with Crippen molar-refractivity contribution < 1.29 is 14.3 Å². The molecule has 8 heteroatoms. The van der Waals surface area contributed by atoms with E-state index in [1.165, 1.54) is 11.3 Å². The molecule has 28 heavy (non-hydrogen) atoms. The Morgan fingerprint density at radius 3 is 2.61 bits per heavy atom. The Kier molecular flexibility index (Phi) is 6.97. The molecule has 0 radical (unpaired) electrons. The van der Waals surface area contributed by atoms with E-state index in [1.54, 1.807) is 31.4 Å². The molecule has 1 aliphatic rings. The molecule has 0 unspecified atom stereocenters. The van der Waals surface area contributed by atoms with E-state index in [0.717, 1.165) is 43.1 Å². The van der Waals surface area contributed by atoms with Crippen molar-refractivity contribution >= 4 is 28.8 Å². The molecule has 2 heterocycles. The molecule has 150 valence electrons. The standard InChI is InChI=1S/C20H26N4O3S/c1-14-10-12-24(13-11-14)18(25)5-3-4-17-22-23-20(28-17)19(26)21-15-6-8-16(27-2)9-7-15/h6-9,14H,3-5,10-13H2,1-2H3,(H,21,26). The van der Waals surface area contributed by atoms with Gasteiger partial charge in [-0.05, 0) is 49.4 Å². The molecule has 0 bridgehead atoms. The molecule has 0 atom stereocenters. The van der Waals surface area contributed by atoms with E-state index < -0.39 is 0 Å².